The number of para-hydroxylation sites is 2. The minimum absolute atomic E-state index is 0.0558. The van der Waals surface area contributed by atoms with Gasteiger partial charge in [0, 0.05) is 33.4 Å². The van der Waals surface area contributed by atoms with Crippen molar-refractivity contribution in [1.29, 1.82) is 0 Å². The molecule has 0 aliphatic carbocycles. The second kappa shape index (κ2) is 16.5. The largest absolute Gasteiger partial charge is 0.507 e. The number of ether oxygens (including phenoxy) is 2. The van der Waals surface area contributed by atoms with Crippen molar-refractivity contribution in [3.8, 4) is 67.5 Å². The Morgan fingerprint density at radius 2 is 0.650 bits per heavy atom. The van der Waals surface area contributed by atoms with Crippen LogP contribution in [-0.4, -0.2) is 23.4 Å². The maximum absolute atomic E-state index is 12.0. The van der Waals surface area contributed by atoms with Crippen LogP contribution < -0.4 is 9.47 Å². The first-order valence-corrected chi connectivity index (χ1v) is 21.4. The third-order valence-electron chi connectivity index (χ3n) is 11.4. The lowest BCUT2D eigenvalue weighted by Gasteiger charge is -2.27. The van der Waals surface area contributed by atoms with Crippen LogP contribution >= 0.6 is 0 Å². The molecule has 6 aromatic rings. The Bertz CT molecular complexity index is 2270. The van der Waals surface area contributed by atoms with Gasteiger partial charge in [0.2, 0.25) is 0 Å². The lowest BCUT2D eigenvalue weighted by atomic mass is 9.78. The van der Waals surface area contributed by atoms with E-state index in [4.69, 9.17) is 9.47 Å². The molecule has 6 aromatic carbocycles. The Kier molecular flexibility index (Phi) is 12.1. The number of hydrogen-bond acceptors (Lipinski definition) is 4. The predicted molar refractivity (Wildman–Crippen MR) is 253 cm³/mol. The van der Waals surface area contributed by atoms with E-state index in [0.717, 1.165) is 55.6 Å². The average molecular weight is 803 g/mol. The highest BCUT2D eigenvalue weighted by Gasteiger charge is 2.25. The monoisotopic (exact) mass is 802 g/mol. The van der Waals surface area contributed by atoms with E-state index in [1.807, 2.05) is 60.7 Å². The van der Waals surface area contributed by atoms with Crippen LogP contribution in [-0.2, 0) is 21.7 Å². The molecule has 0 heterocycles. The van der Waals surface area contributed by atoms with Gasteiger partial charge in [-0.15, -0.1) is 0 Å². The van der Waals surface area contributed by atoms with Gasteiger partial charge in [-0.05, 0) is 116 Å². The Balaban J connectivity index is 1.28. The fraction of sp³-hybridized carbons (Fsp3) is 0.357. The minimum atomic E-state index is -0.0558. The van der Waals surface area contributed by atoms with Crippen molar-refractivity contribution >= 4 is 0 Å². The van der Waals surface area contributed by atoms with E-state index < -0.39 is 0 Å². The molecule has 0 bridgehead atoms. The van der Waals surface area contributed by atoms with Crippen molar-refractivity contribution in [2.45, 2.75) is 119 Å². The molecule has 0 saturated carbocycles. The van der Waals surface area contributed by atoms with Crippen molar-refractivity contribution in [1.82, 2.24) is 0 Å². The molecule has 0 radical (unpaired) electrons. The third kappa shape index (κ3) is 9.76. The highest BCUT2D eigenvalue weighted by Crippen LogP contribution is 2.46. The summed E-state index contributed by atoms with van der Waals surface area (Å²) in [5.74, 6) is 1.77. The number of phenolic OH excluding ortho intramolecular Hbond substituents is 2. The van der Waals surface area contributed by atoms with Crippen molar-refractivity contribution in [2.24, 2.45) is 0 Å². The van der Waals surface area contributed by atoms with Crippen LogP contribution in [0.4, 0.5) is 0 Å². The van der Waals surface area contributed by atoms with E-state index >= 15 is 0 Å². The zero-order valence-electron chi connectivity index (χ0n) is 38.5. The second-order valence-electron chi connectivity index (χ2n) is 20.7. The summed E-state index contributed by atoms with van der Waals surface area (Å²) in [7, 11) is 0. The third-order valence-corrected chi connectivity index (χ3v) is 11.4. The van der Waals surface area contributed by atoms with Crippen LogP contribution in [0.5, 0.6) is 23.0 Å². The average Bonchev–Trinajstić information content (AvgIpc) is 3.16. The number of benzene rings is 6. The van der Waals surface area contributed by atoms with E-state index in [9.17, 15) is 10.2 Å². The molecule has 0 atom stereocenters. The molecular formula is C56H66O4. The van der Waals surface area contributed by atoms with Gasteiger partial charge in [-0.25, -0.2) is 0 Å². The first-order chi connectivity index (χ1) is 27.9. The fourth-order valence-electron chi connectivity index (χ4n) is 7.64. The van der Waals surface area contributed by atoms with Gasteiger partial charge in [0.1, 0.15) is 36.2 Å². The minimum Gasteiger partial charge on any atom is -0.507 e. The first kappa shape index (κ1) is 44.1. The Hall–Kier alpha value is -5.48. The van der Waals surface area contributed by atoms with Gasteiger partial charge in [-0.1, -0.05) is 156 Å². The van der Waals surface area contributed by atoms with Crippen molar-refractivity contribution in [3.05, 3.63) is 143 Å². The molecule has 4 nitrogen and oxygen atoms in total. The van der Waals surface area contributed by atoms with Gasteiger partial charge >= 0.3 is 0 Å². The molecular weight excluding hydrogens is 737 g/mol. The fourth-order valence-corrected chi connectivity index (χ4v) is 7.64. The quantitative estimate of drug-likeness (QED) is 0.143. The number of phenols is 2. The SMILES string of the molecule is Cc1cc(-c2cc(C(C)(C)C)cc(C(C)(C)C)c2)c(O)c(-c2ccccc2OCCOc2ccccc2-c2cc(C)cc(-c3cc(C(C)(C)C)cc(C(C)(C)C)c3)c2O)c1. The lowest BCUT2D eigenvalue weighted by molar-refractivity contribution is 0.218. The maximum Gasteiger partial charge on any atom is 0.131 e. The molecule has 0 aromatic heterocycles. The molecule has 2 N–H and O–H groups in total. The number of rotatable bonds is 9. The summed E-state index contributed by atoms with van der Waals surface area (Å²) < 4.78 is 12.9. The van der Waals surface area contributed by atoms with Crippen molar-refractivity contribution in [2.75, 3.05) is 13.2 Å². The predicted octanol–water partition coefficient (Wildman–Crippen LogP) is 15.0. The maximum atomic E-state index is 12.0. The highest BCUT2D eigenvalue weighted by molar-refractivity contribution is 5.87. The molecule has 6 rings (SSSR count). The zero-order valence-corrected chi connectivity index (χ0v) is 38.5. The smallest absolute Gasteiger partial charge is 0.131 e. The standard InChI is InChI=1S/C56H66O4/c1-35-25-45(37-29-39(53(3,4)5)33-40(30-37)54(6,7)8)51(57)47(27-35)43-19-15-17-21-49(43)59-23-24-60-50-22-18-16-20-44(50)48-28-36(2)26-46(52(48)58)38-31-41(55(9,10)11)34-42(32-38)56(12,13)14/h15-22,25-34,57-58H,23-24H2,1-14H3. The number of hydrogen-bond donors (Lipinski definition) is 2. The van der Waals surface area contributed by atoms with Crippen LogP contribution in [0, 0.1) is 13.8 Å². The topological polar surface area (TPSA) is 58.9 Å². The molecule has 0 fully saturated rings. The van der Waals surface area contributed by atoms with Crippen LogP contribution in [0.1, 0.15) is 116 Å². The van der Waals surface area contributed by atoms with E-state index in [1.54, 1.807) is 0 Å². The number of aryl methyl sites for hydroxylation is 2. The van der Waals surface area contributed by atoms with Gasteiger partial charge in [0.05, 0.1) is 0 Å². The van der Waals surface area contributed by atoms with Crippen LogP contribution in [0.25, 0.3) is 44.5 Å². The first-order valence-electron chi connectivity index (χ1n) is 21.4. The summed E-state index contributed by atoms with van der Waals surface area (Å²) in [4.78, 5) is 0. The molecule has 314 valence electrons. The van der Waals surface area contributed by atoms with Crippen molar-refractivity contribution in [3.63, 3.8) is 0 Å². The van der Waals surface area contributed by atoms with Gasteiger partial charge in [-0.3, -0.25) is 0 Å². The van der Waals surface area contributed by atoms with Gasteiger partial charge in [0.25, 0.3) is 0 Å². The molecule has 0 unspecified atom stereocenters. The van der Waals surface area contributed by atoms with E-state index in [1.165, 1.54) is 22.3 Å². The normalized spacial score (nSPS) is 12.4. The molecule has 0 amide bonds. The van der Waals surface area contributed by atoms with Gasteiger partial charge in [0.15, 0.2) is 0 Å². The van der Waals surface area contributed by atoms with Crippen LogP contribution in [0.3, 0.4) is 0 Å². The zero-order chi connectivity index (χ0) is 43.9. The second-order valence-corrected chi connectivity index (χ2v) is 20.7. The summed E-state index contributed by atoms with van der Waals surface area (Å²) in [6.07, 6.45) is 0. The summed E-state index contributed by atoms with van der Waals surface area (Å²) in [6, 6.07) is 37.4. The van der Waals surface area contributed by atoms with Gasteiger partial charge < -0.3 is 19.7 Å². The lowest BCUT2D eigenvalue weighted by Crippen LogP contribution is -2.16. The Morgan fingerprint density at radius 3 is 0.950 bits per heavy atom. The molecule has 0 aliphatic heterocycles. The molecule has 60 heavy (non-hydrogen) atoms. The summed E-state index contributed by atoms with van der Waals surface area (Å²) >= 11 is 0. The van der Waals surface area contributed by atoms with Crippen LogP contribution in [0.2, 0.25) is 0 Å². The van der Waals surface area contributed by atoms with Crippen LogP contribution in [0.15, 0.2) is 109 Å². The highest BCUT2D eigenvalue weighted by atomic mass is 16.5. The molecule has 0 spiro atoms. The van der Waals surface area contributed by atoms with E-state index in [0.29, 0.717) is 11.5 Å². The molecule has 4 heteroatoms. The molecule has 0 saturated heterocycles. The summed E-state index contributed by atoms with van der Waals surface area (Å²) in [6.45, 7) is 31.5. The van der Waals surface area contributed by atoms with E-state index in [-0.39, 0.29) is 46.4 Å². The van der Waals surface area contributed by atoms with E-state index in [2.05, 4.69) is 145 Å². The van der Waals surface area contributed by atoms with Gasteiger partial charge in [-0.2, -0.15) is 0 Å². The molecule has 0 aliphatic rings. The number of aromatic hydroxyl groups is 2. The summed E-state index contributed by atoms with van der Waals surface area (Å²) in [5, 5.41) is 24.0. The Morgan fingerprint density at radius 1 is 0.367 bits per heavy atom. The van der Waals surface area contributed by atoms with Crippen molar-refractivity contribution < 1.29 is 19.7 Å². The Labute approximate surface area is 360 Å². The summed E-state index contributed by atoms with van der Waals surface area (Å²) in [5.41, 5.74) is 13.5.